The summed E-state index contributed by atoms with van der Waals surface area (Å²) in [5.41, 5.74) is -1.83. The fourth-order valence-corrected chi connectivity index (χ4v) is 3.17. The topological polar surface area (TPSA) is 98.1 Å². The fraction of sp³-hybridized carbons (Fsp3) is 0.0833. The molecule has 0 saturated carbocycles. The van der Waals surface area contributed by atoms with Gasteiger partial charge < -0.3 is 15.4 Å². The molecule has 0 spiro atoms. The van der Waals surface area contributed by atoms with Crippen LogP contribution in [0.1, 0.15) is 16.2 Å². The zero-order chi connectivity index (χ0) is 25.7. The monoisotopic (exact) mass is 499 g/mol. The van der Waals surface area contributed by atoms with E-state index < -0.39 is 35.2 Å². The highest BCUT2D eigenvalue weighted by Crippen LogP contribution is 2.33. The van der Waals surface area contributed by atoms with Crippen LogP contribution in [0.5, 0.6) is 5.75 Å². The van der Waals surface area contributed by atoms with Crippen LogP contribution in [0.25, 0.3) is 5.69 Å². The lowest BCUT2D eigenvalue weighted by Gasteiger charge is -2.12. The number of rotatable bonds is 7. The number of anilines is 2. The summed E-state index contributed by atoms with van der Waals surface area (Å²) in [6, 6.07) is 18.6. The summed E-state index contributed by atoms with van der Waals surface area (Å²) in [7, 11) is 0. The molecule has 0 radical (unpaired) electrons. The van der Waals surface area contributed by atoms with Crippen molar-refractivity contribution >= 4 is 23.2 Å². The molecule has 4 rings (SSSR count). The number of benzene rings is 3. The minimum absolute atomic E-state index is 0.102. The molecule has 8 nitrogen and oxygen atoms in total. The highest BCUT2D eigenvalue weighted by atomic mass is 19.4. The molecular formula is C24H17F4N5O3. The van der Waals surface area contributed by atoms with Crippen molar-refractivity contribution in [1.82, 2.24) is 15.0 Å². The second-order valence-corrected chi connectivity index (χ2v) is 7.36. The quantitative estimate of drug-likeness (QED) is 0.360. The van der Waals surface area contributed by atoms with Crippen molar-refractivity contribution in [3.8, 4) is 11.4 Å². The predicted molar refractivity (Wildman–Crippen MR) is 121 cm³/mol. The van der Waals surface area contributed by atoms with Crippen molar-refractivity contribution in [2.24, 2.45) is 0 Å². The number of hydrogen-bond acceptors (Lipinski definition) is 5. The first kappa shape index (κ1) is 24.4. The van der Waals surface area contributed by atoms with Gasteiger partial charge in [-0.1, -0.05) is 29.5 Å². The third-order valence-corrected chi connectivity index (χ3v) is 4.74. The Morgan fingerprint density at radius 1 is 0.889 bits per heavy atom. The first-order valence-electron chi connectivity index (χ1n) is 10.4. The van der Waals surface area contributed by atoms with Gasteiger partial charge in [0.05, 0.1) is 5.69 Å². The van der Waals surface area contributed by atoms with E-state index in [0.717, 1.165) is 24.3 Å². The van der Waals surface area contributed by atoms with E-state index in [1.165, 1.54) is 24.3 Å². The summed E-state index contributed by atoms with van der Waals surface area (Å²) >= 11 is 0. The van der Waals surface area contributed by atoms with Crippen LogP contribution in [-0.2, 0) is 11.0 Å². The molecule has 0 atom stereocenters. The number of aromatic nitrogens is 3. The molecule has 2 N–H and O–H groups in total. The molecule has 2 amide bonds. The molecule has 0 aliphatic carbocycles. The summed E-state index contributed by atoms with van der Waals surface area (Å²) < 4.78 is 60.4. The van der Waals surface area contributed by atoms with Gasteiger partial charge in [-0.2, -0.15) is 13.2 Å². The van der Waals surface area contributed by atoms with Gasteiger partial charge in [0.25, 0.3) is 11.8 Å². The van der Waals surface area contributed by atoms with Crippen LogP contribution in [-0.4, -0.2) is 33.4 Å². The van der Waals surface area contributed by atoms with E-state index in [4.69, 9.17) is 4.74 Å². The third kappa shape index (κ3) is 5.84. The molecule has 1 aromatic heterocycles. The Hall–Kier alpha value is -4.74. The first-order chi connectivity index (χ1) is 17.2. The Labute approximate surface area is 201 Å². The van der Waals surface area contributed by atoms with E-state index in [9.17, 15) is 27.2 Å². The molecule has 0 bridgehead atoms. The maximum atomic E-state index is 13.8. The lowest BCUT2D eigenvalue weighted by molar-refractivity contribution is -0.143. The van der Waals surface area contributed by atoms with Gasteiger partial charge in [-0.15, -0.1) is 5.10 Å². The van der Waals surface area contributed by atoms with E-state index in [1.54, 1.807) is 30.3 Å². The Kier molecular flexibility index (Phi) is 6.95. The lowest BCUT2D eigenvalue weighted by Crippen LogP contribution is -2.21. The second kappa shape index (κ2) is 10.3. The SMILES string of the molecule is O=C(COc1cccc(NC(=O)c2nnn(-c3ccc(F)cc3)c2C(F)(F)F)c1)Nc1ccccc1. The van der Waals surface area contributed by atoms with Crippen molar-refractivity contribution in [3.63, 3.8) is 0 Å². The van der Waals surface area contributed by atoms with Gasteiger partial charge >= 0.3 is 6.18 Å². The summed E-state index contributed by atoms with van der Waals surface area (Å²) in [4.78, 5) is 24.7. The van der Waals surface area contributed by atoms with Gasteiger partial charge in [-0.05, 0) is 48.5 Å². The summed E-state index contributed by atoms with van der Waals surface area (Å²) in [6.07, 6.45) is -4.98. The molecule has 0 aliphatic heterocycles. The summed E-state index contributed by atoms with van der Waals surface area (Å²) in [5.74, 6) is -2.05. The molecule has 0 aliphatic rings. The fourth-order valence-electron chi connectivity index (χ4n) is 3.17. The van der Waals surface area contributed by atoms with Crippen LogP contribution in [0.2, 0.25) is 0 Å². The van der Waals surface area contributed by atoms with Crippen molar-refractivity contribution < 1.29 is 31.9 Å². The van der Waals surface area contributed by atoms with Crippen LogP contribution in [0.3, 0.4) is 0 Å². The third-order valence-electron chi connectivity index (χ3n) is 4.74. The van der Waals surface area contributed by atoms with Gasteiger partial charge in [-0.25, -0.2) is 9.07 Å². The molecule has 4 aromatic rings. The number of carbonyl (C=O) groups excluding carboxylic acids is 2. The normalized spacial score (nSPS) is 11.1. The lowest BCUT2D eigenvalue weighted by atomic mass is 10.2. The average Bonchev–Trinajstić information content (AvgIpc) is 3.30. The zero-order valence-corrected chi connectivity index (χ0v) is 18.3. The summed E-state index contributed by atoms with van der Waals surface area (Å²) in [6.45, 7) is -0.337. The van der Waals surface area contributed by atoms with Crippen molar-refractivity contribution in [3.05, 3.63) is 96.1 Å². The molecule has 184 valence electrons. The van der Waals surface area contributed by atoms with Crippen LogP contribution in [0.4, 0.5) is 28.9 Å². The Balaban J connectivity index is 1.47. The second-order valence-electron chi connectivity index (χ2n) is 7.36. The van der Waals surface area contributed by atoms with Gasteiger partial charge in [0.15, 0.2) is 18.0 Å². The van der Waals surface area contributed by atoms with E-state index >= 15 is 0 Å². The predicted octanol–water partition coefficient (Wildman–Crippen LogP) is 4.70. The van der Waals surface area contributed by atoms with Gasteiger partial charge in [0.2, 0.25) is 0 Å². The standard InChI is InChI=1S/C24H17F4N5O3/c25-15-9-11-18(12-10-15)33-22(24(26,27)28)21(31-32-33)23(35)30-17-7-4-8-19(13-17)36-14-20(34)29-16-5-2-1-3-6-16/h1-13H,14H2,(H,29,34)(H,30,35). The van der Waals surface area contributed by atoms with Crippen LogP contribution < -0.4 is 15.4 Å². The number of ether oxygens (including phenoxy) is 1. The minimum atomic E-state index is -4.98. The minimum Gasteiger partial charge on any atom is -0.484 e. The molecule has 0 fully saturated rings. The van der Waals surface area contributed by atoms with E-state index in [1.807, 2.05) is 0 Å². The maximum absolute atomic E-state index is 13.8. The van der Waals surface area contributed by atoms with E-state index in [2.05, 4.69) is 20.9 Å². The number of para-hydroxylation sites is 1. The van der Waals surface area contributed by atoms with Crippen LogP contribution in [0.15, 0.2) is 78.9 Å². The van der Waals surface area contributed by atoms with Crippen LogP contribution >= 0.6 is 0 Å². The molecule has 36 heavy (non-hydrogen) atoms. The molecule has 1 heterocycles. The number of carbonyl (C=O) groups is 2. The first-order valence-corrected chi connectivity index (χ1v) is 10.4. The number of nitrogens with one attached hydrogen (secondary N) is 2. The van der Waals surface area contributed by atoms with E-state index in [-0.39, 0.29) is 23.7 Å². The largest absolute Gasteiger partial charge is 0.484 e. The number of nitrogens with zero attached hydrogens (tertiary/aromatic N) is 3. The maximum Gasteiger partial charge on any atom is 0.435 e. The summed E-state index contributed by atoms with van der Waals surface area (Å²) in [5, 5.41) is 11.8. The van der Waals surface area contributed by atoms with Crippen LogP contribution in [0, 0.1) is 5.82 Å². The molecule has 0 unspecified atom stereocenters. The average molecular weight is 499 g/mol. The van der Waals surface area contributed by atoms with Gasteiger partial charge in [0, 0.05) is 17.4 Å². The van der Waals surface area contributed by atoms with Crippen molar-refractivity contribution in [2.45, 2.75) is 6.18 Å². The number of halogens is 4. The Morgan fingerprint density at radius 3 is 2.28 bits per heavy atom. The highest BCUT2D eigenvalue weighted by Gasteiger charge is 2.42. The van der Waals surface area contributed by atoms with E-state index in [0.29, 0.717) is 10.4 Å². The number of alkyl halides is 3. The highest BCUT2D eigenvalue weighted by molar-refractivity contribution is 6.03. The molecular weight excluding hydrogens is 482 g/mol. The molecule has 3 aromatic carbocycles. The molecule has 12 heteroatoms. The van der Waals surface area contributed by atoms with Crippen molar-refractivity contribution in [1.29, 1.82) is 0 Å². The number of hydrogen-bond donors (Lipinski definition) is 2. The number of amides is 2. The molecule has 0 saturated heterocycles. The van der Waals surface area contributed by atoms with Gasteiger partial charge in [0.1, 0.15) is 11.6 Å². The van der Waals surface area contributed by atoms with Gasteiger partial charge in [-0.3, -0.25) is 9.59 Å². The van der Waals surface area contributed by atoms with Crippen molar-refractivity contribution in [2.75, 3.05) is 17.2 Å². The zero-order valence-electron chi connectivity index (χ0n) is 18.3. The Bertz CT molecular complexity index is 1370. The smallest absolute Gasteiger partial charge is 0.435 e. The Morgan fingerprint density at radius 2 is 1.58 bits per heavy atom.